The van der Waals surface area contributed by atoms with Crippen molar-refractivity contribution >= 4 is 5.91 Å². The number of amides is 1. The zero-order valence-corrected chi connectivity index (χ0v) is 11.7. The molecule has 0 radical (unpaired) electrons. The summed E-state index contributed by atoms with van der Waals surface area (Å²) in [5.74, 6) is 0.122. The van der Waals surface area contributed by atoms with E-state index < -0.39 is 0 Å². The molecule has 2 aromatic rings. The molecule has 2 rings (SSSR count). The van der Waals surface area contributed by atoms with Crippen LogP contribution in [0.25, 0.3) is 11.1 Å². The molecule has 4 nitrogen and oxygen atoms in total. The number of aliphatic hydroxyl groups excluding tert-OH is 1. The van der Waals surface area contributed by atoms with Gasteiger partial charge in [-0.05, 0) is 25.5 Å². The van der Waals surface area contributed by atoms with Crippen LogP contribution in [0, 0.1) is 0 Å². The molecule has 1 aromatic carbocycles. The van der Waals surface area contributed by atoms with Crippen molar-refractivity contribution < 1.29 is 14.3 Å². The topological polar surface area (TPSA) is 53.7 Å². The van der Waals surface area contributed by atoms with Crippen LogP contribution in [-0.2, 0) is 0 Å². The van der Waals surface area contributed by atoms with Crippen LogP contribution < -0.4 is 0 Å². The molecular weight excluding hydrogens is 254 g/mol. The molecule has 0 aliphatic carbocycles. The highest BCUT2D eigenvalue weighted by atomic mass is 16.3. The Morgan fingerprint density at radius 1 is 1.25 bits per heavy atom. The van der Waals surface area contributed by atoms with Crippen LogP contribution in [-0.4, -0.2) is 35.1 Å². The van der Waals surface area contributed by atoms with E-state index in [0.29, 0.717) is 12.3 Å². The summed E-state index contributed by atoms with van der Waals surface area (Å²) < 4.78 is 5.39. The van der Waals surface area contributed by atoms with Gasteiger partial charge in [0.1, 0.15) is 0 Å². The molecule has 20 heavy (non-hydrogen) atoms. The predicted octanol–water partition coefficient (Wildman–Crippen LogP) is 2.79. The molecule has 1 aromatic heterocycles. The summed E-state index contributed by atoms with van der Waals surface area (Å²) in [5, 5.41) is 9.09. The van der Waals surface area contributed by atoms with E-state index >= 15 is 0 Å². The molecule has 0 unspecified atom stereocenters. The Balaban J connectivity index is 2.34. The molecule has 4 heteroatoms. The number of aliphatic hydroxyl groups is 1. The lowest BCUT2D eigenvalue weighted by Crippen LogP contribution is -2.39. The van der Waals surface area contributed by atoms with Crippen molar-refractivity contribution in [1.82, 2.24) is 4.90 Å². The van der Waals surface area contributed by atoms with Gasteiger partial charge in [-0.15, -0.1) is 0 Å². The van der Waals surface area contributed by atoms with E-state index in [4.69, 9.17) is 9.52 Å². The summed E-state index contributed by atoms with van der Waals surface area (Å²) in [6.45, 7) is 4.06. The molecule has 0 bridgehead atoms. The van der Waals surface area contributed by atoms with Crippen LogP contribution >= 0.6 is 0 Å². The van der Waals surface area contributed by atoms with Gasteiger partial charge in [0.25, 0.3) is 5.91 Å². The van der Waals surface area contributed by atoms with Crippen LogP contribution in [0.15, 0.2) is 47.1 Å². The minimum absolute atomic E-state index is 0.00312. The Morgan fingerprint density at radius 3 is 2.55 bits per heavy atom. The van der Waals surface area contributed by atoms with Crippen molar-refractivity contribution in [2.24, 2.45) is 0 Å². The van der Waals surface area contributed by atoms with Gasteiger partial charge < -0.3 is 14.4 Å². The number of hydrogen-bond donors (Lipinski definition) is 1. The smallest absolute Gasteiger partial charge is 0.290 e. The highest BCUT2D eigenvalue weighted by Gasteiger charge is 2.24. The second-order valence-corrected chi connectivity index (χ2v) is 4.85. The number of furan rings is 1. The molecular formula is C16H19NO3. The van der Waals surface area contributed by atoms with E-state index in [9.17, 15) is 4.79 Å². The highest BCUT2D eigenvalue weighted by molar-refractivity contribution is 5.98. The first-order valence-electron chi connectivity index (χ1n) is 6.70. The van der Waals surface area contributed by atoms with Crippen molar-refractivity contribution in [2.75, 3.05) is 13.2 Å². The average Bonchev–Trinajstić information content (AvgIpc) is 2.94. The quantitative estimate of drug-likeness (QED) is 0.911. The minimum Gasteiger partial charge on any atom is -0.459 e. The Morgan fingerprint density at radius 2 is 1.95 bits per heavy atom. The Labute approximate surface area is 118 Å². The van der Waals surface area contributed by atoms with Crippen molar-refractivity contribution in [3.63, 3.8) is 0 Å². The third kappa shape index (κ3) is 2.91. The van der Waals surface area contributed by atoms with Crippen molar-refractivity contribution in [1.29, 1.82) is 0 Å². The molecule has 0 fully saturated rings. The lowest BCUT2D eigenvalue weighted by atomic mass is 10.1. The number of hydrogen-bond acceptors (Lipinski definition) is 3. The molecule has 0 atom stereocenters. The zero-order valence-electron chi connectivity index (χ0n) is 11.7. The minimum atomic E-state index is -0.196. The van der Waals surface area contributed by atoms with E-state index in [-0.39, 0.29) is 18.6 Å². The fraction of sp³-hybridized carbons (Fsp3) is 0.312. The summed E-state index contributed by atoms with van der Waals surface area (Å²) in [6.07, 6.45) is 1.52. The molecule has 0 spiro atoms. The third-order valence-corrected chi connectivity index (χ3v) is 3.17. The van der Waals surface area contributed by atoms with Crippen LogP contribution in [0.5, 0.6) is 0 Å². The predicted molar refractivity (Wildman–Crippen MR) is 77.4 cm³/mol. The number of nitrogens with zero attached hydrogens (tertiary/aromatic N) is 1. The van der Waals surface area contributed by atoms with Gasteiger partial charge >= 0.3 is 0 Å². The van der Waals surface area contributed by atoms with Gasteiger partial charge in [0.15, 0.2) is 5.76 Å². The average molecular weight is 273 g/mol. The van der Waals surface area contributed by atoms with Gasteiger partial charge in [-0.1, -0.05) is 30.3 Å². The molecule has 0 saturated carbocycles. The fourth-order valence-corrected chi connectivity index (χ4v) is 2.15. The maximum Gasteiger partial charge on any atom is 0.290 e. The third-order valence-electron chi connectivity index (χ3n) is 3.17. The van der Waals surface area contributed by atoms with Crippen LogP contribution in [0.3, 0.4) is 0 Å². The molecule has 0 saturated heterocycles. The standard InChI is InChI=1S/C16H19NO3/c1-12(2)17(9-10-18)16(19)15-14(8-11-20-15)13-6-4-3-5-7-13/h3-8,11-12,18H,9-10H2,1-2H3. The molecule has 0 aliphatic rings. The lowest BCUT2D eigenvalue weighted by molar-refractivity contribution is 0.0634. The monoisotopic (exact) mass is 273 g/mol. The van der Waals surface area contributed by atoms with Gasteiger partial charge in [-0.2, -0.15) is 0 Å². The Bertz CT molecular complexity index is 560. The zero-order chi connectivity index (χ0) is 14.5. The van der Waals surface area contributed by atoms with Gasteiger partial charge in [0.2, 0.25) is 0 Å². The normalized spacial score (nSPS) is 10.8. The first-order valence-corrected chi connectivity index (χ1v) is 6.70. The maximum absolute atomic E-state index is 12.6. The molecule has 1 N–H and O–H groups in total. The SMILES string of the molecule is CC(C)N(CCO)C(=O)c1occc1-c1ccccc1. The molecule has 106 valence electrons. The first-order chi connectivity index (χ1) is 9.65. The highest BCUT2D eigenvalue weighted by Crippen LogP contribution is 2.26. The van der Waals surface area contributed by atoms with Gasteiger partial charge in [0.05, 0.1) is 12.9 Å². The van der Waals surface area contributed by atoms with Crippen LogP contribution in [0.4, 0.5) is 0 Å². The van der Waals surface area contributed by atoms with Gasteiger partial charge in [-0.25, -0.2) is 0 Å². The van der Waals surface area contributed by atoms with Gasteiger partial charge in [0, 0.05) is 18.2 Å². The Kier molecular flexibility index (Phi) is 4.58. The lowest BCUT2D eigenvalue weighted by Gasteiger charge is -2.25. The summed E-state index contributed by atoms with van der Waals surface area (Å²) in [4.78, 5) is 14.2. The van der Waals surface area contributed by atoms with Crippen molar-refractivity contribution in [3.8, 4) is 11.1 Å². The van der Waals surface area contributed by atoms with Gasteiger partial charge in [-0.3, -0.25) is 4.79 Å². The van der Waals surface area contributed by atoms with Crippen LogP contribution in [0.2, 0.25) is 0 Å². The fourth-order valence-electron chi connectivity index (χ4n) is 2.15. The summed E-state index contributed by atoms with van der Waals surface area (Å²) in [6, 6.07) is 11.4. The summed E-state index contributed by atoms with van der Waals surface area (Å²) in [7, 11) is 0. The number of carbonyl (C=O) groups excluding carboxylic acids is 1. The summed E-state index contributed by atoms with van der Waals surface area (Å²) >= 11 is 0. The van der Waals surface area contributed by atoms with Crippen LogP contribution in [0.1, 0.15) is 24.4 Å². The van der Waals surface area contributed by atoms with E-state index in [1.807, 2.05) is 44.2 Å². The number of rotatable bonds is 5. The molecule has 0 aliphatic heterocycles. The van der Waals surface area contributed by atoms with E-state index in [1.54, 1.807) is 11.0 Å². The number of benzene rings is 1. The van der Waals surface area contributed by atoms with E-state index in [0.717, 1.165) is 11.1 Å². The van der Waals surface area contributed by atoms with E-state index in [2.05, 4.69) is 0 Å². The second kappa shape index (κ2) is 6.39. The number of carbonyl (C=O) groups is 1. The largest absolute Gasteiger partial charge is 0.459 e. The van der Waals surface area contributed by atoms with Crippen molar-refractivity contribution in [3.05, 3.63) is 48.4 Å². The molecule has 1 amide bonds. The molecule has 1 heterocycles. The maximum atomic E-state index is 12.6. The Hall–Kier alpha value is -2.07. The first kappa shape index (κ1) is 14.3. The van der Waals surface area contributed by atoms with E-state index in [1.165, 1.54) is 6.26 Å². The van der Waals surface area contributed by atoms with Crippen molar-refractivity contribution in [2.45, 2.75) is 19.9 Å². The second-order valence-electron chi connectivity index (χ2n) is 4.85. The summed E-state index contributed by atoms with van der Waals surface area (Å²) in [5.41, 5.74) is 1.72.